The van der Waals surface area contributed by atoms with Crippen LogP contribution in [0.25, 0.3) is 33.4 Å². The lowest BCUT2D eigenvalue weighted by molar-refractivity contribution is 1.13. The van der Waals surface area contributed by atoms with E-state index in [1.807, 2.05) is 86.6 Å². The van der Waals surface area contributed by atoms with E-state index in [2.05, 4.69) is 0 Å². The third kappa shape index (κ3) is 3.67. The topological polar surface area (TPSA) is 12.9 Å². The van der Waals surface area contributed by atoms with Crippen molar-refractivity contribution in [3.63, 3.8) is 0 Å². The monoisotopic (exact) mass is 437 g/mol. The maximum Gasteiger partial charge on any atom is 0.0485 e. The molecule has 29 heavy (non-hydrogen) atoms. The van der Waals surface area contributed by atoms with E-state index in [0.717, 1.165) is 44.8 Å². The van der Waals surface area contributed by atoms with E-state index in [1.165, 1.54) is 0 Å². The summed E-state index contributed by atoms with van der Waals surface area (Å²) in [6, 6.07) is 23.4. The molecule has 3 aromatic carbocycles. The first kappa shape index (κ1) is 20.0. The molecule has 0 bridgehead atoms. The summed E-state index contributed by atoms with van der Waals surface area (Å²) in [6.07, 6.45) is 0. The Hall–Kier alpha value is -2.32. The van der Waals surface area contributed by atoms with Gasteiger partial charge in [0.2, 0.25) is 0 Å². The summed E-state index contributed by atoms with van der Waals surface area (Å²) >= 11 is 19.9. The molecule has 1 nitrogen and oxygen atoms in total. The summed E-state index contributed by atoms with van der Waals surface area (Å²) in [7, 11) is 0. The molecule has 1 aromatic heterocycles. The van der Waals surface area contributed by atoms with Gasteiger partial charge in [0.1, 0.15) is 0 Å². The van der Waals surface area contributed by atoms with Gasteiger partial charge in [-0.15, -0.1) is 0 Å². The standard InChI is InChI=1S/C25H18Cl3N/c1-15-23(17-9-3-6-12-20(17)26)25(19-11-5-8-14-22(19)28)24(16(2)29-15)18-10-4-7-13-21(18)27/h3-14H,1-2H3. The van der Waals surface area contributed by atoms with Crippen molar-refractivity contribution in [3.8, 4) is 33.4 Å². The van der Waals surface area contributed by atoms with Crippen molar-refractivity contribution in [1.29, 1.82) is 0 Å². The van der Waals surface area contributed by atoms with Crippen molar-refractivity contribution < 1.29 is 0 Å². The van der Waals surface area contributed by atoms with E-state index < -0.39 is 0 Å². The van der Waals surface area contributed by atoms with Crippen LogP contribution < -0.4 is 0 Å². The Kier molecular flexibility index (Phi) is 5.65. The van der Waals surface area contributed by atoms with Crippen molar-refractivity contribution in [2.24, 2.45) is 0 Å². The second kappa shape index (κ2) is 8.20. The average Bonchev–Trinajstić information content (AvgIpc) is 2.70. The lowest BCUT2D eigenvalue weighted by atomic mass is 9.86. The quantitative estimate of drug-likeness (QED) is 0.312. The van der Waals surface area contributed by atoms with Gasteiger partial charge in [-0.1, -0.05) is 89.4 Å². The van der Waals surface area contributed by atoms with Crippen molar-refractivity contribution in [1.82, 2.24) is 4.98 Å². The molecule has 4 rings (SSSR count). The SMILES string of the molecule is Cc1nc(C)c(-c2ccccc2Cl)c(-c2ccccc2Cl)c1-c1ccccc1Cl. The number of nitrogens with zero attached hydrogens (tertiary/aromatic N) is 1. The van der Waals surface area contributed by atoms with E-state index in [0.29, 0.717) is 15.1 Å². The van der Waals surface area contributed by atoms with E-state index in [4.69, 9.17) is 39.8 Å². The van der Waals surface area contributed by atoms with Crippen LogP contribution in [-0.2, 0) is 0 Å². The first-order valence-corrected chi connectivity index (χ1v) is 10.4. The number of hydrogen-bond acceptors (Lipinski definition) is 1. The van der Waals surface area contributed by atoms with Crippen molar-refractivity contribution in [2.45, 2.75) is 13.8 Å². The average molecular weight is 439 g/mol. The molecule has 0 unspecified atom stereocenters. The number of aromatic nitrogens is 1. The van der Waals surface area contributed by atoms with E-state index in [1.54, 1.807) is 0 Å². The predicted molar refractivity (Wildman–Crippen MR) is 125 cm³/mol. The number of hydrogen-bond donors (Lipinski definition) is 0. The smallest absolute Gasteiger partial charge is 0.0485 e. The highest BCUT2D eigenvalue weighted by atomic mass is 35.5. The maximum absolute atomic E-state index is 6.68. The second-order valence-corrected chi connectivity index (χ2v) is 8.07. The van der Waals surface area contributed by atoms with Crippen LogP contribution in [0.4, 0.5) is 0 Å². The Morgan fingerprint density at radius 2 is 0.793 bits per heavy atom. The molecule has 0 spiro atoms. The molecule has 0 aliphatic carbocycles. The minimum Gasteiger partial charge on any atom is -0.257 e. The van der Waals surface area contributed by atoms with Crippen LogP contribution in [-0.4, -0.2) is 4.98 Å². The summed E-state index contributed by atoms with van der Waals surface area (Å²) in [5.41, 5.74) is 7.45. The van der Waals surface area contributed by atoms with Gasteiger partial charge in [0.15, 0.2) is 0 Å². The predicted octanol–water partition coefficient (Wildman–Crippen LogP) is 8.66. The first-order valence-electron chi connectivity index (χ1n) is 9.25. The Balaban J connectivity index is 2.21. The summed E-state index contributed by atoms with van der Waals surface area (Å²) in [5, 5.41) is 2.00. The summed E-state index contributed by atoms with van der Waals surface area (Å²) in [6.45, 7) is 4.00. The number of pyridine rings is 1. The molecule has 4 aromatic rings. The van der Waals surface area contributed by atoms with E-state index >= 15 is 0 Å². The summed E-state index contributed by atoms with van der Waals surface area (Å²) < 4.78 is 0. The Morgan fingerprint density at radius 3 is 1.14 bits per heavy atom. The fourth-order valence-corrected chi connectivity index (χ4v) is 4.46. The summed E-state index contributed by atoms with van der Waals surface area (Å²) in [4.78, 5) is 4.86. The molecule has 0 saturated carbocycles. The third-order valence-corrected chi connectivity index (χ3v) is 5.98. The molecule has 0 aliphatic rings. The molecule has 0 amide bonds. The molecule has 1 heterocycles. The zero-order valence-corrected chi connectivity index (χ0v) is 18.3. The van der Waals surface area contributed by atoms with Crippen LogP contribution in [0.5, 0.6) is 0 Å². The van der Waals surface area contributed by atoms with Gasteiger partial charge >= 0.3 is 0 Å². The molecule has 0 aliphatic heterocycles. The minimum atomic E-state index is 0.666. The van der Waals surface area contributed by atoms with Crippen molar-refractivity contribution in [3.05, 3.63) is 99.3 Å². The zero-order chi connectivity index (χ0) is 20.5. The molecule has 0 atom stereocenters. The number of benzene rings is 3. The third-order valence-electron chi connectivity index (χ3n) is 4.99. The minimum absolute atomic E-state index is 0.666. The molecule has 4 heteroatoms. The van der Waals surface area contributed by atoms with Gasteiger partial charge in [-0.2, -0.15) is 0 Å². The highest BCUT2D eigenvalue weighted by molar-refractivity contribution is 6.36. The normalized spacial score (nSPS) is 10.9. The number of halogens is 3. The fraction of sp³-hybridized carbons (Fsp3) is 0.0800. The molecule has 144 valence electrons. The van der Waals surface area contributed by atoms with Gasteiger partial charge in [-0.05, 0) is 32.0 Å². The second-order valence-electron chi connectivity index (χ2n) is 6.85. The van der Waals surface area contributed by atoms with Gasteiger partial charge < -0.3 is 0 Å². The van der Waals surface area contributed by atoms with Crippen molar-refractivity contribution >= 4 is 34.8 Å². The maximum atomic E-state index is 6.68. The van der Waals surface area contributed by atoms with Gasteiger partial charge in [-0.25, -0.2) is 0 Å². The zero-order valence-electron chi connectivity index (χ0n) is 16.0. The Morgan fingerprint density at radius 1 is 0.483 bits per heavy atom. The number of aryl methyl sites for hydroxylation is 2. The molecule has 0 radical (unpaired) electrons. The van der Waals surface area contributed by atoms with Crippen LogP contribution in [0.15, 0.2) is 72.8 Å². The Labute approximate surface area is 185 Å². The number of rotatable bonds is 3. The largest absolute Gasteiger partial charge is 0.257 e. The Bertz CT molecular complexity index is 1140. The fourth-order valence-electron chi connectivity index (χ4n) is 3.77. The van der Waals surface area contributed by atoms with Gasteiger partial charge in [0.05, 0.1) is 0 Å². The lowest BCUT2D eigenvalue weighted by Gasteiger charge is -2.22. The highest BCUT2D eigenvalue weighted by Gasteiger charge is 2.23. The van der Waals surface area contributed by atoms with Crippen LogP contribution >= 0.6 is 34.8 Å². The lowest BCUT2D eigenvalue weighted by Crippen LogP contribution is -2.01. The van der Waals surface area contributed by atoms with Gasteiger partial charge in [0.25, 0.3) is 0 Å². The molecular formula is C25H18Cl3N. The van der Waals surface area contributed by atoms with Gasteiger partial charge in [0, 0.05) is 59.8 Å². The highest BCUT2D eigenvalue weighted by Crippen LogP contribution is 2.47. The molecular weight excluding hydrogens is 421 g/mol. The molecule has 0 N–H and O–H groups in total. The first-order chi connectivity index (χ1) is 14.0. The molecule has 0 fully saturated rings. The van der Waals surface area contributed by atoms with Gasteiger partial charge in [-0.3, -0.25) is 4.98 Å². The van der Waals surface area contributed by atoms with Crippen LogP contribution in [0, 0.1) is 13.8 Å². The van der Waals surface area contributed by atoms with Crippen LogP contribution in [0.2, 0.25) is 15.1 Å². The van der Waals surface area contributed by atoms with E-state index in [-0.39, 0.29) is 0 Å². The summed E-state index contributed by atoms with van der Waals surface area (Å²) in [5.74, 6) is 0. The van der Waals surface area contributed by atoms with Crippen LogP contribution in [0.3, 0.4) is 0 Å². The van der Waals surface area contributed by atoms with Crippen molar-refractivity contribution in [2.75, 3.05) is 0 Å². The van der Waals surface area contributed by atoms with E-state index in [9.17, 15) is 0 Å². The van der Waals surface area contributed by atoms with Crippen LogP contribution in [0.1, 0.15) is 11.4 Å². The molecule has 0 saturated heterocycles.